The molecule has 5 nitrogen and oxygen atoms in total. The van der Waals surface area contributed by atoms with Crippen LogP contribution < -0.4 is 11.1 Å². The standard InChI is InChI=1S/C13H19FN2O3/c1-7(2)3-8(17)6-16-12-5-10(14)9(13(18)19)4-11(12)15/h4-5,7-8,16-17H,3,6,15H2,1-2H3,(H,18,19). The van der Waals surface area contributed by atoms with Gasteiger partial charge in [-0.2, -0.15) is 0 Å². The lowest BCUT2D eigenvalue weighted by molar-refractivity contribution is 0.0692. The number of nitrogens with one attached hydrogen (secondary N) is 1. The van der Waals surface area contributed by atoms with Crippen LogP contribution in [0.15, 0.2) is 12.1 Å². The van der Waals surface area contributed by atoms with Crippen molar-refractivity contribution in [3.63, 3.8) is 0 Å². The maximum atomic E-state index is 13.5. The summed E-state index contributed by atoms with van der Waals surface area (Å²) in [5.74, 6) is -1.88. The monoisotopic (exact) mass is 270 g/mol. The molecule has 1 atom stereocenters. The fourth-order valence-electron chi connectivity index (χ4n) is 1.76. The summed E-state index contributed by atoms with van der Waals surface area (Å²) in [6.07, 6.45) is 0.0457. The summed E-state index contributed by atoms with van der Waals surface area (Å²) in [4.78, 5) is 10.7. The van der Waals surface area contributed by atoms with Crippen LogP contribution in [0.5, 0.6) is 0 Å². The lowest BCUT2D eigenvalue weighted by Crippen LogP contribution is -2.22. The first-order valence-electron chi connectivity index (χ1n) is 6.05. The van der Waals surface area contributed by atoms with E-state index in [2.05, 4.69) is 5.32 Å². The van der Waals surface area contributed by atoms with Crippen molar-refractivity contribution in [3.05, 3.63) is 23.5 Å². The van der Waals surface area contributed by atoms with Crippen LogP contribution in [0.2, 0.25) is 0 Å². The van der Waals surface area contributed by atoms with Gasteiger partial charge in [0.2, 0.25) is 0 Å². The van der Waals surface area contributed by atoms with Gasteiger partial charge in [0.25, 0.3) is 0 Å². The molecule has 0 saturated carbocycles. The summed E-state index contributed by atoms with van der Waals surface area (Å²) in [6.45, 7) is 4.20. The second-order valence-corrected chi connectivity index (χ2v) is 4.89. The molecule has 0 spiro atoms. The van der Waals surface area contributed by atoms with Gasteiger partial charge in [-0.15, -0.1) is 0 Å². The van der Waals surface area contributed by atoms with Crippen LogP contribution in [0, 0.1) is 11.7 Å². The Hall–Kier alpha value is -1.82. The Kier molecular flexibility index (Phi) is 5.11. The van der Waals surface area contributed by atoms with Crippen LogP contribution in [-0.2, 0) is 0 Å². The molecular weight excluding hydrogens is 251 g/mol. The van der Waals surface area contributed by atoms with Crippen LogP contribution in [0.3, 0.4) is 0 Å². The van der Waals surface area contributed by atoms with Crippen molar-refractivity contribution < 1.29 is 19.4 Å². The predicted octanol–water partition coefficient (Wildman–Crippen LogP) is 1.93. The molecule has 1 rings (SSSR count). The molecule has 0 radical (unpaired) electrons. The number of rotatable bonds is 6. The highest BCUT2D eigenvalue weighted by atomic mass is 19.1. The van der Waals surface area contributed by atoms with Crippen LogP contribution in [-0.4, -0.2) is 28.8 Å². The first-order valence-corrected chi connectivity index (χ1v) is 6.05. The number of carboxylic acids is 1. The number of halogens is 1. The van der Waals surface area contributed by atoms with Crippen molar-refractivity contribution in [1.29, 1.82) is 0 Å². The van der Waals surface area contributed by atoms with Crippen LogP contribution >= 0.6 is 0 Å². The predicted molar refractivity (Wildman–Crippen MR) is 71.7 cm³/mol. The molecule has 0 bridgehead atoms. The number of nitrogen functional groups attached to an aromatic ring is 1. The Labute approximate surface area is 111 Å². The number of hydrogen-bond donors (Lipinski definition) is 4. The van der Waals surface area contributed by atoms with Gasteiger partial charge in [0, 0.05) is 6.54 Å². The lowest BCUT2D eigenvalue weighted by Gasteiger charge is -2.16. The molecule has 5 N–H and O–H groups in total. The van der Waals surface area contributed by atoms with E-state index in [0.717, 1.165) is 12.1 Å². The second-order valence-electron chi connectivity index (χ2n) is 4.89. The average Bonchev–Trinajstić information content (AvgIpc) is 2.28. The minimum atomic E-state index is -1.37. The van der Waals surface area contributed by atoms with E-state index in [4.69, 9.17) is 10.8 Å². The van der Waals surface area contributed by atoms with E-state index >= 15 is 0 Å². The van der Waals surface area contributed by atoms with Gasteiger partial charge in [-0.05, 0) is 24.5 Å². The Bertz CT molecular complexity index is 463. The zero-order chi connectivity index (χ0) is 14.6. The molecule has 106 valence electrons. The number of carboxylic acid groups (broad SMARTS) is 1. The molecule has 0 saturated heterocycles. The number of nitrogens with two attached hydrogens (primary N) is 1. The van der Waals surface area contributed by atoms with Crippen molar-refractivity contribution in [1.82, 2.24) is 0 Å². The molecule has 0 aliphatic carbocycles. The summed E-state index contributed by atoms with van der Waals surface area (Å²) in [5, 5.41) is 21.3. The van der Waals surface area contributed by atoms with E-state index in [1.54, 1.807) is 0 Å². The SMILES string of the molecule is CC(C)CC(O)CNc1cc(F)c(C(=O)O)cc1N. The molecular formula is C13H19FN2O3. The molecule has 0 amide bonds. The van der Waals surface area contributed by atoms with Gasteiger partial charge in [-0.3, -0.25) is 0 Å². The molecule has 0 aromatic heterocycles. The van der Waals surface area contributed by atoms with E-state index in [-0.39, 0.29) is 17.9 Å². The molecule has 0 aliphatic rings. The summed E-state index contributed by atoms with van der Waals surface area (Å²) in [5.41, 5.74) is 5.59. The molecule has 19 heavy (non-hydrogen) atoms. The minimum absolute atomic E-state index is 0.135. The van der Waals surface area contributed by atoms with Crippen molar-refractivity contribution in [2.45, 2.75) is 26.4 Å². The maximum absolute atomic E-state index is 13.5. The Morgan fingerprint density at radius 1 is 1.47 bits per heavy atom. The zero-order valence-corrected chi connectivity index (χ0v) is 11.0. The highest BCUT2D eigenvalue weighted by molar-refractivity contribution is 5.90. The number of hydrogen-bond acceptors (Lipinski definition) is 4. The number of benzene rings is 1. The summed E-state index contributed by atoms with van der Waals surface area (Å²) in [6, 6.07) is 2.09. The van der Waals surface area contributed by atoms with Crippen molar-refractivity contribution in [2.24, 2.45) is 5.92 Å². The molecule has 0 aliphatic heterocycles. The highest BCUT2D eigenvalue weighted by Gasteiger charge is 2.14. The summed E-state index contributed by atoms with van der Waals surface area (Å²) >= 11 is 0. The van der Waals surface area contributed by atoms with Gasteiger partial charge in [-0.1, -0.05) is 13.8 Å². The maximum Gasteiger partial charge on any atom is 0.338 e. The molecule has 1 aromatic rings. The van der Waals surface area contributed by atoms with E-state index in [1.165, 1.54) is 0 Å². The van der Waals surface area contributed by atoms with Crippen molar-refractivity contribution >= 4 is 17.3 Å². The van der Waals surface area contributed by atoms with Crippen molar-refractivity contribution in [2.75, 3.05) is 17.6 Å². The smallest absolute Gasteiger partial charge is 0.338 e. The van der Waals surface area contributed by atoms with Gasteiger partial charge in [0.05, 0.1) is 23.0 Å². The topological polar surface area (TPSA) is 95.6 Å². The van der Waals surface area contributed by atoms with Crippen LogP contribution in [0.25, 0.3) is 0 Å². The number of aliphatic hydroxyl groups is 1. The van der Waals surface area contributed by atoms with E-state index in [1.807, 2.05) is 13.8 Å². The quantitative estimate of drug-likeness (QED) is 0.592. The van der Waals surface area contributed by atoms with Gasteiger partial charge in [0.15, 0.2) is 0 Å². The highest BCUT2D eigenvalue weighted by Crippen LogP contribution is 2.23. The third kappa shape index (κ3) is 4.40. The number of aliphatic hydroxyl groups excluding tert-OH is 1. The number of carbonyl (C=O) groups is 1. The first kappa shape index (κ1) is 15.2. The summed E-state index contributed by atoms with van der Waals surface area (Å²) in [7, 11) is 0. The number of anilines is 2. The molecule has 1 aromatic carbocycles. The van der Waals surface area contributed by atoms with E-state index in [0.29, 0.717) is 12.3 Å². The van der Waals surface area contributed by atoms with Crippen LogP contribution in [0.4, 0.5) is 15.8 Å². The molecule has 0 fully saturated rings. The first-order chi connectivity index (χ1) is 8.81. The Morgan fingerprint density at radius 2 is 2.11 bits per heavy atom. The van der Waals surface area contributed by atoms with E-state index < -0.39 is 23.5 Å². The zero-order valence-electron chi connectivity index (χ0n) is 11.0. The fraction of sp³-hybridized carbons (Fsp3) is 0.462. The van der Waals surface area contributed by atoms with Gasteiger partial charge >= 0.3 is 5.97 Å². The third-order valence-electron chi connectivity index (χ3n) is 2.64. The van der Waals surface area contributed by atoms with Crippen LogP contribution in [0.1, 0.15) is 30.6 Å². The Balaban J connectivity index is 2.75. The molecule has 1 unspecified atom stereocenters. The fourth-order valence-corrected chi connectivity index (χ4v) is 1.76. The largest absolute Gasteiger partial charge is 0.478 e. The molecule has 0 heterocycles. The minimum Gasteiger partial charge on any atom is -0.478 e. The van der Waals surface area contributed by atoms with Gasteiger partial charge < -0.3 is 21.3 Å². The van der Waals surface area contributed by atoms with E-state index in [9.17, 15) is 14.3 Å². The second kappa shape index (κ2) is 6.38. The van der Waals surface area contributed by atoms with Crippen molar-refractivity contribution in [3.8, 4) is 0 Å². The van der Waals surface area contributed by atoms with Gasteiger partial charge in [0.1, 0.15) is 5.82 Å². The third-order valence-corrected chi connectivity index (χ3v) is 2.64. The normalized spacial score (nSPS) is 12.5. The number of aromatic carboxylic acids is 1. The lowest BCUT2D eigenvalue weighted by atomic mass is 10.1. The summed E-state index contributed by atoms with van der Waals surface area (Å²) < 4.78 is 13.5. The average molecular weight is 270 g/mol. The Morgan fingerprint density at radius 3 is 2.63 bits per heavy atom. The molecule has 6 heteroatoms. The van der Waals surface area contributed by atoms with Gasteiger partial charge in [-0.25, -0.2) is 9.18 Å².